The van der Waals surface area contributed by atoms with Gasteiger partial charge in [0.15, 0.2) is 4.80 Å². The SMILES string of the molecule is COCCn1c(=NC(=O)c2ccc(S(=O)(=O)N3CCc4ccccc43)cc2)sc2cc(F)ccc21. The van der Waals surface area contributed by atoms with Gasteiger partial charge in [-0.25, -0.2) is 12.8 Å². The number of amides is 1. The van der Waals surface area contributed by atoms with Gasteiger partial charge in [-0.2, -0.15) is 4.99 Å². The van der Waals surface area contributed by atoms with Crippen LogP contribution in [-0.4, -0.2) is 39.2 Å². The topological polar surface area (TPSA) is 81.0 Å². The minimum atomic E-state index is -3.75. The maximum absolute atomic E-state index is 13.7. The molecule has 0 aliphatic carbocycles. The molecule has 180 valence electrons. The summed E-state index contributed by atoms with van der Waals surface area (Å²) in [4.78, 5) is 17.7. The van der Waals surface area contributed by atoms with Crippen LogP contribution in [0, 0.1) is 5.82 Å². The number of carbonyl (C=O) groups is 1. The number of fused-ring (bicyclic) bond motifs is 2. The Morgan fingerprint density at radius 3 is 2.66 bits per heavy atom. The van der Waals surface area contributed by atoms with Gasteiger partial charge in [0.2, 0.25) is 0 Å². The van der Waals surface area contributed by atoms with Crippen molar-refractivity contribution in [2.24, 2.45) is 4.99 Å². The lowest BCUT2D eigenvalue weighted by molar-refractivity contribution is 0.0997. The van der Waals surface area contributed by atoms with E-state index < -0.39 is 15.9 Å². The first-order valence-electron chi connectivity index (χ1n) is 11.0. The Hall–Kier alpha value is -3.34. The third-order valence-electron chi connectivity index (χ3n) is 5.89. The Balaban J connectivity index is 1.45. The predicted octanol–water partition coefficient (Wildman–Crippen LogP) is 3.98. The molecule has 0 bridgehead atoms. The number of anilines is 1. The van der Waals surface area contributed by atoms with Gasteiger partial charge in [0.1, 0.15) is 5.82 Å². The highest BCUT2D eigenvalue weighted by atomic mass is 32.2. The van der Waals surface area contributed by atoms with Crippen LogP contribution < -0.4 is 9.11 Å². The summed E-state index contributed by atoms with van der Waals surface area (Å²) in [5, 5.41) is 0. The summed E-state index contributed by atoms with van der Waals surface area (Å²) in [5.74, 6) is -0.883. The summed E-state index contributed by atoms with van der Waals surface area (Å²) in [6.07, 6.45) is 0.660. The van der Waals surface area contributed by atoms with Gasteiger partial charge < -0.3 is 9.30 Å². The zero-order valence-corrected chi connectivity index (χ0v) is 20.5. The van der Waals surface area contributed by atoms with Crippen LogP contribution in [0.4, 0.5) is 10.1 Å². The highest BCUT2D eigenvalue weighted by molar-refractivity contribution is 7.92. The number of hydrogen-bond donors (Lipinski definition) is 0. The largest absolute Gasteiger partial charge is 0.383 e. The van der Waals surface area contributed by atoms with Crippen LogP contribution in [0.2, 0.25) is 0 Å². The number of rotatable bonds is 6. The first-order chi connectivity index (χ1) is 16.9. The fourth-order valence-electron chi connectivity index (χ4n) is 4.14. The van der Waals surface area contributed by atoms with Crippen LogP contribution in [0.3, 0.4) is 0 Å². The quantitative estimate of drug-likeness (QED) is 0.392. The third kappa shape index (κ3) is 4.40. The van der Waals surface area contributed by atoms with Gasteiger partial charge in [-0.1, -0.05) is 29.5 Å². The number of thiazole rings is 1. The molecule has 0 N–H and O–H groups in total. The second-order valence-electron chi connectivity index (χ2n) is 8.04. The number of hydrogen-bond acceptors (Lipinski definition) is 5. The number of aromatic nitrogens is 1. The first kappa shape index (κ1) is 23.4. The first-order valence-corrected chi connectivity index (χ1v) is 13.2. The van der Waals surface area contributed by atoms with E-state index in [0.717, 1.165) is 11.1 Å². The molecule has 1 aliphatic heterocycles. The molecule has 1 amide bonds. The summed E-state index contributed by atoms with van der Waals surface area (Å²) in [6.45, 7) is 1.23. The van der Waals surface area contributed by atoms with Crippen molar-refractivity contribution >= 4 is 43.2 Å². The molecule has 3 aromatic carbocycles. The number of ether oxygens (including phenoxy) is 1. The van der Waals surface area contributed by atoms with Gasteiger partial charge >= 0.3 is 0 Å². The van der Waals surface area contributed by atoms with Crippen LogP contribution in [-0.2, 0) is 27.7 Å². The zero-order chi connectivity index (χ0) is 24.6. The van der Waals surface area contributed by atoms with Crippen LogP contribution in [0.1, 0.15) is 15.9 Å². The van der Waals surface area contributed by atoms with E-state index in [4.69, 9.17) is 4.74 Å². The molecule has 0 saturated heterocycles. The fraction of sp³-hybridized carbons (Fsp3) is 0.200. The minimum Gasteiger partial charge on any atom is -0.383 e. The fourth-order valence-corrected chi connectivity index (χ4v) is 6.72. The number of benzene rings is 3. The van der Waals surface area contributed by atoms with Crippen molar-refractivity contribution in [3.8, 4) is 0 Å². The molecule has 7 nitrogen and oxygen atoms in total. The van der Waals surface area contributed by atoms with Crippen molar-refractivity contribution in [1.29, 1.82) is 0 Å². The van der Waals surface area contributed by atoms with E-state index in [1.165, 1.54) is 52.0 Å². The number of methoxy groups -OCH3 is 1. The average molecular weight is 512 g/mol. The maximum Gasteiger partial charge on any atom is 0.279 e. The average Bonchev–Trinajstić information content (AvgIpc) is 3.44. The standard InChI is InChI=1S/C25H22FN3O4S2/c1-33-15-14-28-22-11-8-19(26)16-23(22)34-25(28)27-24(30)18-6-9-20(10-7-18)35(31,32)29-13-12-17-4-2-3-5-21(17)29/h2-11,16H,12-15H2,1H3. The van der Waals surface area contributed by atoms with Gasteiger partial charge in [0.25, 0.3) is 15.9 Å². The van der Waals surface area contributed by atoms with Crippen molar-refractivity contribution < 1.29 is 22.3 Å². The van der Waals surface area contributed by atoms with E-state index in [-0.39, 0.29) is 16.3 Å². The second kappa shape index (κ2) is 9.37. The Labute approximate surface area is 205 Å². The van der Waals surface area contributed by atoms with Gasteiger partial charge in [-0.05, 0) is 60.5 Å². The summed E-state index contributed by atoms with van der Waals surface area (Å²) in [7, 11) is -2.18. The molecule has 1 aliphatic rings. The van der Waals surface area contributed by atoms with Gasteiger partial charge in [0, 0.05) is 25.8 Å². The van der Waals surface area contributed by atoms with E-state index in [1.807, 2.05) is 22.8 Å². The summed E-state index contributed by atoms with van der Waals surface area (Å²) < 4.78 is 49.2. The van der Waals surface area contributed by atoms with E-state index in [2.05, 4.69) is 4.99 Å². The van der Waals surface area contributed by atoms with E-state index in [9.17, 15) is 17.6 Å². The lowest BCUT2D eigenvalue weighted by Crippen LogP contribution is -2.29. The van der Waals surface area contributed by atoms with Crippen molar-refractivity contribution in [1.82, 2.24) is 4.57 Å². The van der Waals surface area contributed by atoms with Crippen LogP contribution in [0.5, 0.6) is 0 Å². The lowest BCUT2D eigenvalue weighted by Gasteiger charge is -2.19. The van der Waals surface area contributed by atoms with E-state index in [0.29, 0.717) is 41.3 Å². The molecule has 35 heavy (non-hydrogen) atoms. The predicted molar refractivity (Wildman–Crippen MR) is 133 cm³/mol. The highest BCUT2D eigenvalue weighted by Gasteiger charge is 2.30. The van der Waals surface area contributed by atoms with Gasteiger partial charge in [-0.15, -0.1) is 0 Å². The molecule has 5 rings (SSSR count). The van der Waals surface area contributed by atoms with Gasteiger partial charge in [0.05, 0.1) is 27.4 Å². The van der Waals surface area contributed by atoms with Crippen LogP contribution >= 0.6 is 11.3 Å². The Morgan fingerprint density at radius 2 is 1.89 bits per heavy atom. The molecule has 0 radical (unpaired) electrons. The van der Waals surface area contributed by atoms with Crippen LogP contribution in [0.15, 0.2) is 76.6 Å². The molecule has 0 atom stereocenters. The number of nitrogens with zero attached hydrogens (tertiary/aromatic N) is 3. The normalized spacial score (nSPS) is 14.0. The smallest absolute Gasteiger partial charge is 0.279 e. The number of para-hydroxylation sites is 1. The molecular formula is C25H22FN3O4S2. The maximum atomic E-state index is 13.7. The molecule has 0 fully saturated rings. The van der Waals surface area contributed by atoms with Crippen molar-refractivity contribution in [3.63, 3.8) is 0 Å². The molecular weight excluding hydrogens is 489 g/mol. The Morgan fingerprint density at radius 1 is 1.11 bits per heavy atom. The molecule has 10 heteroatoms. The minimum absolute atomic E-state index is 0.109. The molecule has 2 heterocycles. The molecule has 4 aromatic rings. The number of carbonyl (C=O) groups excluding carboxylic acids is 1. The van der Waals surface area contributed by atoms with Crippen molar-refractivity contribution in [2.75, 3.05) is 24.6 Å². The Kier molecular flexibility index (Phi) is 6.26. The lowest BCUT2D eigenvalue weighted by atomic mass is 10.2. The van der Waals surface area contributed by atoms with Crippen molar-refractivity contribution in [3.05, 3.63) is 88.5 Å². The number of halogens is 1. The van der Waals surface area contributed by atoms with E-state index >= 15 is 0 Å². The molecule has 0 saturated carbocycles. The molecule has 0 unspecified atom stereocenters. The zero-order valence-electron chi connectivity index (χ0n) is 18.8. The monoisotopic (exact) mass is 511 g/mol. The summed E-state index contributed by atoms with van der Waals surface area (Å²) in [5.41, 5.74) is 2.69. The Bertz CT molecular complexity index is 1590. The second-order valence-corrected chi connectivity index (χ2v) is 10.9. The van der Waals surface area contributed by atoms with Crippen LogP contribution in [0.25, 0.3) is 10.2 Å². The highest BCUT2D eigenvalue weighted by Crippen LogP contribution is 2.32. The summed E-state index contributed by atoms with van der Waals surface area (Å²) >= 11 is 1.21. The molecule has 0 spiro atoms. The van der Waals surface area contributed by atoms with Crippen molar-refractivity contribution in [2.45, 2.75) is 17.9 Å². The van der Waals surface area contributed by atoms with E-state index in [1.54, 1.807) is 19.2 Å². The van der Waals surface area contributed by atoms with Gasteiger partial charge in [-0.3, -0.25) is 9.10 Å². The third-order valence-corrected chi connectivity index (χ3v) is 8.76. The molecule has 1 aromatic heterocycles. The number of sulfonamides is 1. The summed E-state index contributed by atoms with van der Waals surface area (Å²) in [6, 6.07) is 17.6.